The molecular formula is C14H15N3OS. The summed E-state index contributed by atoms with van der Waals surface area (Å²) < 4.78 is 0. The lowest BCUT2D eigenvalue weighted by atomic mass is 10.1. The van der Waals surface area contributed by atoms with Gasteiger partial charge in [-0.1, -0.05) is 30.3 Å². The molecule has 0 unspecified atom stereocenters. The minimum absolute atomic E-state index is 0.00258. The summed E-state index contributed by atoms with van der Waals surface area (Å²) in [6.45, 7) is 0.763. The second-order valence-electron chi connectivity index (χ2n) is 4.49. The van der Waals surface area contributed by atoms with E-state index in [9.17, 15) is 4.79 Å². The number of rotatable bonds is 4. The monoisotopic (exact) mass is 273 g/mol. The second-order valence-corrected chi connectivity index (χ2v) is 5.48. The van der Waals surface area contributed by atoms with E-state index in [1.807, 2.05) is 18.2 Å². The fraction of sp³-hybridized carbons (Fsp3) is 0.286. The van der Waals surface area contributed by atoms with Gasteiger partial charge in [-0.25, -0.2) is 4.98 Å². The second kappa shape index (κ2) is 5.48. The van der Waals surface area contributed by atoms with Crippen LogP contribution in [0.25, 0.3) is 0 Å². The van der Waals surface area contributed by atoms with Crippen molar-refractivity contribution >= 4 is 17.7 Å². The van der Waals surface area contributed by atoms with Crippen LogP contribution < -0.4 is 10.9 Å². The molecule has 0 aliphatic carbocycles. The minimum Gasteiger partial charge on any atom is -0.355 e. The Kier molecular flexibility index (Phi) is 3.55. The Balaban J connectivity index is 1.65. The number of anilines is 1. The van der Waals surface area contributed by atoms with E-state index in [-0.39, 0.29) is 5.56 Å². The molecule has 2 N–H and O–H groups in total. The summed E-state index contributed by atoms with van der Waals surface area (Å²) in [7, 11) is 0. The molecule has 0 fully saturated rings. The Morgan fingerprint density at radius 3 is 2.95 bits per heavy atom. The molecule has 2 heterocycles. The van der Waals surface area contributed by atoms with E-state index in [4.69, 9.17) is 0 Å². The van der Waals surface area contributed by atoms with E-state index in [1.165, 1.54) is 5.56 Å². The number of aromatic amines is 1. The molecule has 0 spiro atoms. The Hall–Kier alpha value is -1.75. The summed E-state index contributed by atoms with van der Waals surface area (Å²) in [5, 5.41) is 3.19. The molecule has 98 valence electrons. The summed E-state index contributed by atoms with van der Waals surface area (Å²) in [6, 6.07) is 10.3. The van der Waals surface area contributed by atoms with Gasteiger partial charge in [0, 0.05) is 23.6 Å². The maximum Gasteiger partial charge on any atom is 0.256 e. The zero-order valence-electron chi connectivity index (χ0n) is 10.5. The molecule has 4 nitrogen and oxygen atoms in total. The van der Waals surface area contributed by atoms with Crippen LogP contribution in [0, 0.1) is 0 Å². The number of nitrogens with zero attached hydrogens (tertiary/aromatic N) is 1. The van der Waals surface area contributed by atoms with Crippen LogP contribution >= 0.6 is 11.8 Å². The highest BCUT2D eigenvalue weighted by molar-refractivity contribution is 7.98. The normalized spacial score (nSPS) is 13.3. The first kappa shape index (κ1) is 12.3. The van der Waals surface area contributed by atoms with Crippen LogP contribution in [0.1, 0.15) is 16.8 Å². The minimum atomic E-state index is -0.00258. The Bertz CT molecular complexity index is 624. The number of thioether (sulfide) groups is 1. The van der Waals surface area contributed by atoms with Gasteiger partial charge in [0.15, 0.2) is 0 Å². The van der Waals surface area contributed by atoms with Crippen molar-refractivity contribution in [2.75, 3.05) is 11.9 Å². The van der Waals surface area contributed by atoms with Crippen LogP contribution in [-0.2, 0) is 17.9 Å². The lowest BCUT2D eigenvalue weighted by Gasteiger charge is -2.06. The van der Waals surface area contributed by atoms with Gasteiger partial charge in [-0.15, -0.1) is 0 Å². The number of hydrogen-bond donors (Lipinski definition) is 2. The smallest absolute Gasteiger partial charge is 0.256 e. The molecule has 1 aliphatic heterocycles. The number of fused-ring (bicyclic) bond motifs is 1. The Morgan fingerprint density at radius 1 is 1.26 bits per heavy atom. The summed E-state index contributed by atoms with van der Waals surface area (Å²) in [5.74, 6) is 2.20. The first-order valence-corrected chi connectivity index (χ1v) is 7.46. The van der Waals surface area contributed by atoms with Crippen LogP contribution in [0.4, 0.5) is 5.95 Å². The van der Waals surface area contributed by atoms with Crippen molar-refractivity contribution in [2.45, 2.75) is 17.9 Å². The maximum atomic E-state index is 11.8. The third kappa shape index (κ3) is 2.81. The van der Waals surface area contributed by atoms with Crippen molar-refractivity contribution in [3.63, 3.8) is 0 Å². The molecule has 0 radical (unpaired) electrons. The number of aromatic nitrogens is 2. The molecule has 0 bridgehead atoms. The first-order chi connectivity index (χ1) is 9.33. The quantitative estimate of drug-likeness (QED) is 0.896. The molecule has 0 saturated heterocycles. The van der Waals surface area contributed by atoms with Crippen molar-refractivity contribution in [1.29, 1.82) is 0 Å². The van der Waals surface area contributed by atoms with Gasteiger partial charge >= 0.3 is 0 Å². The molecule has 0 atom stereocenters. The highest BCUT2D eigenvalue weighted by Crippen LogP contribution is 2.25. The predicted octanol–water partition coefficient (Wildman–Crippen LogP) is 2.17. The van der Waals surface area contributed by atoms with Gasteiger partial charge in [-0.3, -0.25) is 9.78 Å². The standard InChI is InChI=1S/C14H15N3OS/c18-13-11-8-19-9-12(11)16-14(17-13)15-7-6-10-4-2-1-3-5-10/h1-5H,6-9H2,(H2,15,16,17,18). The number of nitrogens with one attached hydrogen (secondary N) is 2. The number of benzene rings is 1. The fourth-order valence-electron chi connectivity index (χ4n) is 2.12. The third-order valence-corrected chi connectivity index (χ3v) is 4.11. The summed E-state index contributed by atoms with van der Waals surface area (Å²) >= 11 is 1.74. The molecule has 2 aromatic rings. The van der Waals surface area contributed by atoms with Crippen molar-refractivity contribution in [2.24, 2.45) is 0 Å². The fourth-order valence-corrected chi connectivity index (χ4v) is 3.15. The van der Waals surface area contributed by atoms with Crippen LogP contribution in [0.3, 0.4) is 0 Å². The molecule has 3 rings (SSSR count). The Morgan fingerprint density at radius 2 is 2.11 bits per heavy atom. The molecule has 1 aromatic carbocycles. The van der Waals surface area contributed by atoms with Crippen molar-refractivity contribution in [3.05, 3.63) is 57.5 Å². The highest BCUT2D eigenvalue weighted by Gasteiger charge is 2.17. The van der Waals surface area contributed by atoms with Gasteiger partial charge in [0.2, 0.25) is 5.95 Å². The van der Waals surface area contributed by atoms with Gasteiger partial charge in [-0.2, -0.15) is 11.8 Å². The zero-order chi connectivity index (χ0) is 13.1. The average Bonchev–Trinajstić information content (AvgIpc) is 2.89. The maximum absolute atomic E-state index is 11.8. The molecule has 0 amide bonds. The SMILES string of the molecule is O=c1[nH]c(NCCc2ccccc2)nc2c1CSC2. The summed E-state index contributed by atoms with van der Waals surface area (Å²) in [5.41, 5.74) is 3.03. The summed E-state index contributed by atoms with van der Waals surface area (Å²) in [6.07, 6.45) is 0.913. The van der Waals surface area contributed by atoms with Crippen molar-refractivity contribution < 1.29 is 0 Å². The van der Waals surface area contributed by atoms with E-state index in [0.717, 1.165) is 35.7 Å². The predicted molar refractivity (Wildman–Crippen MR) is 78.5 cm³/mol. The van der Waals surface area contributed by atoms with Gasteiger partial charge < -0.3 is 5.32 Å². The van der Waals surface area contributed by atoms with Gasteiger partial charge in [0.25, 0.3) is 5.56 Å². The van der Waals surface area contributed by atoms with Crippen molar-refractivity contribution in [3.8, 4) is 0 Å². The van der Waals surface area contributed by atoms with Gasteiger partial charge in [0.05, 0.1) is 5.69 Å². The van der Waals surface area contributed by atoms with Gasteiger partial charge in [0.1, 0.15) is 0 Å². The van der Waals surface area contributed by atoms with E-state index < -0.39 is 0 Å². The lowest BCUT2D eigenvalue weighted by molar-refractivity contribution is 0.954. The molecule has 1 aromatic heterocycles. The van der Waals surface area contributed by atoms with Crippen LogP contribution in [0.2, 0.25) is 0 Å². The van der Waals surface area contributed by atoms with Crippen LogP contribution in [0.15, 0.2) is 35.1 Å². The number of H-pyrrole nitrogens is 1. The Labute approximate surface area is 115 Å². The molecule has 0 saturated carbocycles. The van der Waals surface area contributed by atoms with Crippen LogP contribution in [0.5, 0.6) is 0 Å². The first-order valence-electron chi connectivity index (χ1n) is 6.30. The van der Waals surface area contributed by atoms with E-state index in [2.05, 4.69) is 27.4 Å². The van der Waals surface area contributed by atoms with E-state index in [1.54, 1.807) is 11.8 Å². The average molecular weight is 273 g/mol. The largest absolute Gasteiger partial charge is 0.355 e. The van der Waals surface area contributed by atoms with Gasteiger partial charge in [-0.05, 0) is 12.0 Å². The van der Waals surface area contributed by atoms with E-state index in [0.29, 0.717) is 5.95 Å². The lowest BCUT2D eigenvalue weighted by Crippen LogP contribution is -2.18. The summed E-state index contributed by atoms with van der Waals surface area (Å²) in [4.78, 5) is 19.1. The molecule has 19 heavy (non-hydrogen) atoms. The molecule has 1 aliphatic rings. The number of hydrogen-bond acceptors (Lipinski definition) is 4. The highest BCUT2D eigenvalue weighted by atomic mass is 32.2. The van der Waals surface area contributed by atoms with Crippen LogP contribution in [-0.4, -0.2) is 16.5 Å². The third-order valence-electron chi connectivity index (χ3n) is 3.14. The molecule has 5 heteroatoms. The molecular weight excluding hydrogens is 258 g/mol. The van der Waals surface area contributed by atoms with Crippen molar-refractivity contribution in [1.82, 2.24) is 9.97 Å². The zero-order valence-corrected chi connectivity index (χ0v) is 11.3. The topological polar surface area (TPSA) is 57.8 Å². The van der Waals surface area contributed by atoms with E-state index >= 15 is 0 Å².